The van der Waals surface area contributed by atoms with E-state index in [1.807, 2.05) is 19.1 Å². The van der Waals surface area contributed by atoms with Gasteiger partial charge in [-0.3, -0.25) is 4.79 Å². The molecule has 2 heterocycles. The molecule has 6 nitrogen and oxygen atoms in total. The Labute approximate surface area is 152 Å². The number of aryl methyl sites for hydroxylation is 1. The van der Waals surface area contributed by atoms with Crippen LogP contribution in [0.25, 0.3) is 16.9 Å². The maximum atomic E-state index is 13.3. The van der Waals surface area contributed by atoms with E-state index in [-0.39, 0.29) is 5.56 Å². The molecule has 2 aromatic heterocycles. The highest BCUT2D eigenvalue weighted by Gasteiger charge is 2.11. The van der Waals surface area contributed by atoms with Crippen LogP contribution in [-0.4, -0.2) is 25.7 Å². The SMILES string of the molecule is Cc1nnc2ccc(-c3ccc(NC(=O)c4ccc(F)c(F)c4)cc3)nn12. The lowest BCUT2D eigenvalue weighted by Gasteiger charge is -2.07. The van der Waals surface area contributed by atoms with Gasteiger partial charge in [0, 0.05) is 16.8 Å². The van der Waals surface area contributed by atoms with Crippen molar-refractivity contribution in [1.29, 1.82) is 0 Å². The highest BCUT2D eigenvalue weighted by molar-refractivity contribution is 6.04. The van der Waals surface area contributed by atoms with E-state index in [4.69, 9.17) is 0 Å². The standard InChI is InChI=1S/C19H13F2N5O/c1-11-23-24-18-9-8-17(25-26(11)18)12-2-5-14(6-3-12)22-19(27)13-4-7-15(20)16(21)10-13/h2-10H,1H3,(H,22,27). The summed E-state index contributed by atoms with van der Waals surface area (Å²) in [6, 6.07) is 13.7. The number of anilines is 1. The highest BCUT2D eigenvalue weighted by atomic mass is 19.2. The van der Waals surface area contributed by atoms with Gasteiger partial charge in [0.2, 0.25) is 0 Å². The van der Waals surface area contributed by atoms with Gasteiger partial charge in [0.25, 0.3) is 5.91 Å². The highest BCUT2D eigenvalue weighted by Crippen LogP contribution is 2.20. The van der Waals surface area contributed by atoms with Crippen molar-refractivity contribution in [3.63, 3.8) is 0 Å². The molecule has 0 atom stereocenters. The Balaban J connectivity index is 1.55. The van der Waals surface area contributed by atoms with E-state index in [0.29, 0.717) is 17.2 Å². The quantitative estimate of drug-likeness (QED) is 0.602. The maximum absolute atomic E-state index is 13.3. The monoisotopic (exact) mass is 365 g/mol. The molecule has 1 N–H and O–H groups in total. The Bertz CT molecular complexity index is 1150. The Morgan fingerprint density at radius 3 is 2.48 bits per heavy atom. The fourth-order valence-electron chi connectivity index (χ4n) is 2.62. The minimum Gasteiger partial charge on any atom is -0.322 e. The van der Waals surface area contributed by atoms with Gasteiger partial charge in [0.15, 0.2) is 23.1 Å². The van der Waals surface area contributed by atoms with Gasteiger partial charge in [-0.15, -0.1) is 10.2 Å². The Hall–Kier alpha value is -3.68. The number of amides is 1. The zero-order valence-electron chi connectivity index (χ0n) is 14.1. The van der Waals surface area contributed by atoms with Crippen LogP contribution in [0, 0.1) is 18.6 Å². The van der Waals surface area contributed by atoms with Crippen LogP contribution in [0.5, 0.6) is 0 Å². The van der Waals surface area contributed by atoms with Crippen molar-refractivity contribution in [2.75, 3.05) is 5.32 Å². The normalized spacial score (nSPS) is 10.9. The van der Waals surface area contributed by atoms with Crippen LogP contribution in [0.3, 0.4) is 0 Å². The largest absolute Gasteiger partial charge is 0.322 e. The predicted molar refractivity (Wildman–Crippen MR) is 95.3 cm³/mol. The summed E-state index contributed by atoms with van der Waals surface area (Å²) >= 11 is 0. The van der Waals surface area contributed by atoms with Crippen LogP contribution in [0.15, 0.2) is 54.6 Å². The summed E-state index contributed by atoms with van der Waals surface area (Å²) in [6.45, 7) is 1.81. The molecule has 1 amide bonds. The van der Waals surface area contributed by atoms with Gasteiger partial charge in [0.05, 0.1) is 5.69 Å². The lowest BCUT2D eigenvalue weighted by molar-refractivity contribution is 0.102. The second-order valence-corrected chi connectivity index (χ2v) is 5.90. The average molecular weight is 365 g/mol. The van der Waals surface area contributed by atoms with E-state index >= 15 is 0 Å². The second kappa shape index (κ2) is 6.56. The van der Waals surface area contributed by atoms with E-state index < -0.39 is 17.5 Å². The van der Waals surface area contributed by atoms with E-state index in [1.165, 1.54) is 6.07 Å². The van der Waals surface area contributed by atoms with Crippen LogP contribution in [0.2, 0.25) is 0 Å². The first-order chi connectivity index (χ1) is 13.0. The summed E-state index contributed by atoms with van der Waals surface area (Å²) in [7, 11) is 0. The molecular formula is C19H13F2N5O. The van der Waals surface area contributed by atoms with E-state index in [1.54, 1.807) is 28.8 Å². The fraction of sp³-hybridized carbons (Fsp3) is 0.0526. The zero-order valence-corrected chi connectivity index (χ0v) is 14.1. The van der Waals surface area contributed by atoms with Gasteiger partial charge in [0.1, 0.15) is 0 Å². The van der Waals surface area contributed by atoms with E-state index in [2.05, 4.69) is 20.6 Å². The molecule has 0 saturated carbocycles. The van der Waals surface area contributed by atoms with Gasteiger partial charge in [-0.2, -0.15) is 9.61 Å². The number of hydrogen-bond donors (Lipinski definition) is 1. The van der Waals surface area contributed by atoms with Crippen molar-refractivity contribution >= 4 is 17.2 Å². The van der Waals surface area contributed by atoms with Gasteiger partial charge < -0.3 is 5.32 Å². The molecule has 27 heavy (non-hydrogen) atoms. The number of carbonyl (C=O) groups excluding carboxylic acids is 1. The first kappa shape index (κ1) is 16.8. The molecule has 0 aliphatic carbocycles. The molecule has 2 aromatic carbocycles. The average Bonchev–Trinajstić information content (AvgIpc) is 3.05. The third kappa shape index (κ3) is 3.24. The lowest BCUT2D eigenvalue weighted by Crippen LogP contribution is -2.12. The molecule has 0 unspecified atom stereocenters. The van der Waals surface area contributed by atoms with Crippen molar-refractivity contribution in [3.05, 3.63) is 77.6 Å². The molecule has 134 valence electrons. The number of halogens is 2. The number of fused-ring (bicyclic) bond motifs is 1. The van der Waals surface area contributed by atoms with Crippen LogP contribution in [-0.2, 0) is 0 Å². The van der Waals surface area contributed by atoms with Crippen LogP contribution < -0.4 is 5.32 Å². The molecular weight excluding hydrogens is 352 g/mol. The second-order valence-electron chi connectivity index (χ2n) is 5.90. The van der Waals surface area contributed by atoms with Crippen molar-refractivity contribution in [1.82, 2.24) is 19.8 Å². The first-order valence-electron chi connectivity index (χ1n) is 8.07. The molecule has 0 fully saturated rings. The smallest absolute Gasteiger partial charge is 0.255 e. The summed E-state index contributed by atoms with van der Waals surface area (Å²) in [4.78, 5) is 12.2. The third-order valence-corrected chi connectivity index (χ3v) is 4.04. The Kier molecular flexibility index (Phi) is 4.08. The van der Waals surface area contributed by atoms with Crippen LogP contribution >= 0.6 is 0 Å². The number of nitrogens with zero attached hydrogens (tertiary/aromatic N) is 4. The van der Waals surface area contributed by atoms with Gasteiger partial charge >= 0.3 is 0 Å². The summed E-state index contributed by atoms with van der Waals surface area (Å²) in [5, 5.41) is 15.1. The predicted octanol–water partition coefficient (Wildman–Crippen LogP) is 3.63. The van der Waals surface area contributed by atoms with Gasteiger partial charge in [-0.25, -0.2) is 8.78 Å². The summed E-state index contributed by atoms with van der Waals surface area (Å²) in [5.41, 5.74) is 2.79. The first-order valence-corrected chi connectivity index (χ1v) is 8.07. The van der Waals surface area contributed by atoms with Gasteiger partial charge in [-0.05, 0) is 49.4 Å². The number of hydrogen-bond acceptors (Lipinski definition) is 4. The topological polar surface area (TPSA) is 72.2 Å². The number of aromatic nitrogens is 4. The van der Waals surface area contributed by atoms with Crippen molar-refractivity contribution < 1.29 is 13.6 Å². The molecule has 0 spiro atoms. The summed E-state index contributed by atoms with van der Waals surface area (Å²) < 4.78 is 27.9. The molecule has 0 bridgehead atoms. The number of benzene rings is 2. The molecule has 0 saturated heterocycles. The Morgan fingerprint density at radius 1 is 0.963 bits per heavy atom. The maximum Gasteiger partial charge on any atom is 0.255 e. The van der Waals surface area contributed by atoms with Crippen molar-refractivity contribution in [2.45, 2.75) is 6.92 Å². The molecule has 0 aliphatic rings. The summed E-state index contributed by atoms with van der Waals surface area (Å²) in [5.74, 6) is -1.91. The van der Waals surface area contributed by atoms with Crippen molar-refractivity contribution in [2.24, 2.45) is 0 Å². The number of carbonyl (C=O) groups is 1. The Morgan fingerprint density at radius 2 is 1.74 bits per heavy atom. The molecule has 4 aromatic rings. The third-order valence-electron chi connectivity index (χ3n) is 4.04. The van der Waals surface area contributed by atoms with E-state index in [0.717, 1.165) is 23.4 Å². The summed E-state index contributed by atoms with van der Waals surface area (Å²) in [6.07, 6.45) is 0. The molecule has 4 rings (SSSR count). The van der Waals surface area contributed by atoms with Crippen LogP contribution in [0.1, 0.15) is 16.2 Å². The minimum absolute atomic E-state index is 0.0353. The zero-order chi connectivity index (χ0) is 19.0. The van der Waals surface area contributed by atoms with Crippen molar-refractivity contribution in [3.8, 4) is 11.3 Å². The van der Waals surface area contributed by atoms with Gasteiger partial charge in [-0.1, -0.05) is 12.1 Å². The number of nitrogens with one attached hydrogen (secondary N) is 1. The van der Waals surface area contributed by atoms with E-state index in [9.17, 15) is 13.6 Å². The fourth-order valence-corrected chi connectivity index (χ4v) is 2.62. The number of rotatable bonds is 3. The minimum atomic E-state index is -1.07. The molecule has 8 heteroatoms. The lowest BCUT2D eigenvalue weighted by atomic mass is 10.1. The van der Waals surface area contributed by atoms with Crippen LogP contribution in [0.4, 0.5) is 14.5 Å². The molecule has 0 aliphatic heterocycles. The molecule has 0 radical (unpaired) electrons.